The van der Waals surface area contributed by atoms with Crippen molar-refractivity contribution in [3.05, 3.63) is 66.5 Å². The molecule has 2 aromatic carbocycles. The lowest BCUT2D eigenvalue weighted by molar-refractivity contribution is -0.152. The molecule has 1 heterocycles. The lowest BCUT2D eigenvalue weighted by Crippen LogP contribution is -2.10. The van der Waals surface area contributed by atoms with Crippen LogP contribution in [0.4, 0.5) is 0 Å². The lowest BCUT2D eigenvalue weighted by atomic mass is 10.2. The van der Waals surface area contributed by atoms with Gasteiger partial charge in [0, 0.05) is 0 Å². The number of hydrogen-bond acceptors (Lipinski definition) is 4. The Bertz CT molecular complexity index is 738. The first-order valence-electron chi connectivity index (χ1n) is 6.94. The zero-order chi connectivity index (χ0) is 16.5. The van der Waals surface area contributed by atoms with E-state index in [4.69, 9.17) is 9.84 Å². The van der Waals surface area contributed by atoms with Crippen molar-refractivity contribution in [2.75, 3.05) is 0 Å². The van der Waals surface area contributed by atoms with Crippen LogP contribution in [0.3, 0.4) is 0 Å². The normalized spacial score (nSPS) is 9.74. The number of ether oxygens (including phenoxy) is 1. The van der Waals surface area contributed by atoms with Crippen LogP contribution in [0.1, 0.15) is 12.0 Å². The molecule has 0 amide bonds. The summed E-state index contributed by atoms with van der Waals surface area (Å²) >= 11 is 0. The van der Waals surface area contributed by atoms with E-state index in [1.165, 1.54) is 0 Å². The van der Waals surface area contributed by atoms with Crippen LogP contribution in [-0.2, 0) is 20.9 Å². The van der Waals surface area contributed by atoms with Gasteiger partial charge < -0.3 is 14.8 Å². The number of rotatable bonds is 4. The number of esters is 1. The number of nitrogens with zero attached hydrogens (tertiary/aromatic N) is 1. The van der Waals surface area contributed by atoms with Crippen LogP contribution in [-0.4, -0.2) is 27.0 Å². The van der Waals surface area contributed by atoms with Crippen molar-refractivity contribution in [3.8, 4) is 0 Å². The predicted octanol–water partition coefficient (Wildman–Crippen LogP) is 2.77. The highest BCUT2D eigenvalue weighted by atomic mass is 16.5. The molecule has 0 radical (unpaired) electrons. The van der Waals surface area contributed by atoms with E-state index >= 15 is 0 Å². The fourth-order valence-corrected chi connectivity index (χ4v) is 1.79. The molecule has 6 heteroatoms. The monoisotopic (exact) mass is 312 g/mol. The lowest BCUT2D eigenvalue weighted by Gasteiger charge is -2.02. The highest BCUT2D eigenvalue weighted by Crippen LogP contribution is 2.05. The van der Waals surface area contributed by atoms with Gasteiger partial charge in [-0.25, -0.2) is 4.98 Å². The van der Waals surface area contributed by atoms with Gasteiger partial charge in [-0.1, -0.05) is 42.5 Å². The molecule has 3 rings (SSSR count). The minimum absolute atomic E-state index is 0.118. The van der Waals surface area contributed by atoms with Gasteiger partial charge in [-0.3, -0.25) is 9.59 Å². The van der Waals surface area contributed by atoms with Crippen molar-refractivity contribution in [3.63, 3.8) is 0 Å². The molecule has 0 fully saturated rings. The third-order valence-electron chi connectivity index (χ3n) is 2.87. The van der Waals surface area contributed by atoms with Crippen molar-refractivity contribution >= 4 is 23.0 Å². The zero-order valence-corrected chi connectivity index (χ0v) is 12.3. The number of aliphatic carboxylic acids is 1. The number of carboxylic acid groups (broad SMARTS) is 1. The van der Waals surface area contributed by atoms with Crippen LogP contribution in [0.25, 0.3) is 11.0 Å². The first kappa shape index (κ1) is 16.2. The van der Waals surface area contributed by atoms with Gasteiger partial charge in [-0.05, 0) is 17.7 Å². The van der Waals surface area contributed by atoms with Crippen molar-refractivity contribution in [1.29, 1.82) is 0 Å². The van der Waals surface area contributed by atoms with E-state index in [1.807, 2.05) is 42.5 Å². The first-order valence-corrected chi connectivity index (χ1v) is 6.94. The maximum Gasteiger partial charge on any atom is 0.317 e. The number of benzene rings is 2. The van der Waals surface area contributed by atoms with Gasteiger partial charge in [0.25, 0.3) is 0 Å². The number of aromatic nitrogens is 2. The van der Waals surface area contributed by atoms with E-state index in [-0.39, 0.29) is 6.61 Å². The summed E-state index contributed by atoms with van der Waals surface area (Å²) in [6.07, 6.45) is 1.11. The molecule has 0 bridgehead atoms. The molecule has 0 spiro atoms. The quantitative estimate of drug-likeness (QED) is 0.571. The molecule has 0 aliphatic heterocycles. The molecule has 0 unspecified atom stereocenters. The van der Waals surface area contributed by atoms with Gasteiger partial charge in [-0.2, -0.15) is 0 Å². The van der Waals surface area contributed by atoms with Crippen molar-refractivity contribution < 1.29 is 19.4 Å². The molecule has 0 aliphatic rings. The van der Waals surface area contributed by atoms with Crippen LogP contribution < -0.4 is 0 Å². The standard InChI is InChI=1S/C10H10O4.C7H6N2/c11-9(12)6-10(13)14-7-8-4-2-1-3-5-8;1-2-4-7-6(3-1)8-5-9-7/h1-5H,6-7H2,(H,11,12);1-5H,(H,8,9). The second-order valence-corrected chi connectivity index (χ2v) is 4.64. The highest BCUT2D eigenvalue weighted by molar-refractivity contribution is 5.90. The molecular weight excluding hydrogens is 296 g/mol. The zero-order valence-electron chi connectivity index (χ0n) is 12.3. The summed E-state index contributed by atoms with van der Waals surface area (Å²) in [6.45, 7) is 0.118. The second kappa shape index (κ2) is 8.33. The van der Waals surface area contributed by atoms with E-state index in [0.29, 0.717) is 0 Å². The van der Waals surface area contributed by atoms with E-state index in [9.17, 15) is 9.59 Å². The summed E-state index contributed by atoms with van der Waals surface area (Å²) in [7, 11) is 0. The minimum atomic E-state index is -1.18. The number of H-pyrrole nitrogens is 1. The largest absolute Gasteiger partial charge is 0.481 e. The summed E-state index contributed by atoms with van der Waals surface area (Å²) in [5, 5.41) is 8.28. The molecule has 2 N–H and O–H groups in total. The number of carbonyl (C=O) groups is 2. The average molecular weight is 312 g/mol. The molecule has 0 saturated heterocycles. The van der Waals surface area contributed by atoms with Gasteiger partial charge >= 0.3 is 11.9 Å². The summed E-state index contributed by atoms with van der Waals surface area (Å²) in [5.41, 5.74) is 2.96. The molecule has 1 aromatic heterocycles. The van der Waals surface area contributed by atoms with Crippen LogP contribution >= 0.6 is 0 Å². The first-order chi connectivity index (χ1) is 11.1. The number of hydrogen-bond donors (Lipinski definition) is 2. The smallest absolute Gasteiger partial charge is 0.317 e. The topological polar surface area (TPSA) is 92.3 Å². The Labute approximate surface area is 132 Å². The third-order valence-corrected chi connectivity index (χ3v) is 2.87. The summed E-state index contributed by atoms with van der Waals surface area (Å²) < 4.78 is 4.72. The van der Waals surface area contributed by atoms with E-state index < -0.39 is 18.4 Å². The molecule has 3 aromatic rings. The summed E-state index contributed by atoms with van der Waals surface area (Å²) in [4.78, 5) is 28.0. The number of para-hydroxylation sites is 2. The van der Waals surface area contributed by atoms with Gasteiger partial charge in [0.15, 0.2) is 0 Å². The number of carbonyl (C=O) groups excluding carboxylic acids is 1. The number of carboxylic acids is 1. The Morgan fingerprint density at radius 2 is 1.74 bits per heavy atom. The number of fused-ring (bicyclic) bond motifs is 1. The number of aromatic amines is 1. The summed E-state index contributed by atoms with van der Waals surface area (Å²) in [6, 6.07) is 17.0. The van der Waals surface area contributed by atoms with Gasteiger partial charge in [0.05, 0.1) is 17.4 Å². The Hall–Kier alpha value is -3.15. The SMILES string of the molecule is O=C(O)CC(=O)OCc1ccccc1.c1ccc2[nH]cnc2c1. The second-order valence-electron chi connectivity index (χ2n) is 4.64. The Morgan fingerprint density at radius 3 is 2.43 bits per heavy atom. The highest BCUT2D eigenvalue weighted by Gasteiger charge is 2.08. The van der Waals surface area contributed by atoms with Gasteiger partial charge in [0.2, 0.25) is 0 Å². The fraction of sp³-hybridized carbons (Fsp3) is 0.118. The predicted molar refractivity (Wildman–Crippen MR) is 84.6 cm³/mol. The Morgan fingerprint density at radius 1 is 1.04 bits per heavy atom. The minimum Gasteiger partial charge on any atom is -0.481 e. The van der Waals surface area contributed by atoms with Gasteiger partial charge in [-0.15, -0.1) is 0 Å². The maximum absolute atomic E-state index is 10.8. The van der Waals surface area contributed by atoms with E-state index in [0.717, 1.165) is 16.6 Å². The molecule has 0 atom stereocenters. The van der Waals surface area contributed by atoms with E-state index in [2.05, 4.69) is 9.97 Å². The molecule has 0 aliphatic carbocycles. The van der Waals surface area contributed by atoms with Crippen molar-refractivity contribution in [2.45, 2.75) is 13.0 Å². The average Bonchev–Trinajstić information content (AvgIpc) is 3.02. The molecule has 23 heavy (non-hydrogen) atoms. The molecular formula is C17H16N2O4. The molecule has 118 valence electrons. The number of imidazole rings is 1. The third kappa shape index (κ3) is 5.62. The van der Waals surface area contributed by atoms with E-state index in [1.54, 1.807) is 18.5 Å². The molecule has 6 nitrogen and oxygen atoms in total. The Balaban J connectivity index is 0.000000182. The molecule has 0 saturated carbocycles. The van der Waals surface area contributed by atoms with Gasteiger partial charge in [0.1, 0.15) is 13.0 Å². The Kier molecular flexibility index (Phi) is 5.88. The van der Waals surface area contributed by atoms with Crippen LogP contribution in [0.2, 0.25) is 0 Å². The van der Waals surface area contributed by atoms with Crippen LogP contribution in [0.5, 0.6) is 0 Å². The van der Waals surface area contributed by atoms with Crippen molar-refractivity contribution in [1.82, 2.24) is 9.97 Å². The number of nitrogens with one attached hydrogen (secondary N) is 1. The summed E-state index contributed by atoms with van der Waals surface area (Å²) in [5.74, 6) is -1.90. The van der Waals surface area contributed by atoms with Crippen molar-refractivity contribution in [2.24, 2.45) is 0 Å². The van der Waals surface area contributed by atoms with Crippen LogP contribution in [0.15, 0.2) is 60.9 Å². The van der Waals surface area contributed by atoms with Crippen LogP contribution in [0, 0.1) is 0 Å². The fourth-order valence-electron chi connectivity index (χ4n) is 1.79. The maximum atomic E-state index is 10.8.